The first kappa shape index (κ1) is 14.7. The van der Waals surface area contributed by atoms with Gasteiger partial charge in [0.2, 0.25) is 0 Å². The van der Waals surface area contributed by atoms with Crippen molar-refractivity contribution < 1.29 is 9.90 Å². The summed E-state index contributed by atoms with van der Waals surface area (Å²) in [5, 5.41) is 13.0. The maximum atomic E-state index is 11.6. The molecule has 1 atom stereocenters. The molecule has 98 valence electrons. The highest BCUT2D eigenvalue weighted by Crippen LogP contribution is 2.11. The topological polar surface area (TPSA) is 49.3 Å². The lowest BCUT2D eigenvalue weighted by atomic mass is 10.1. The molecule has 0 aliphatic rings. The summed E-state index contributed by atoms with van der Waals surface area (Å²) >= 11 is 5.76. The smallest absolute Gasteiger partial charge is 0.253 e. The van der Waals surface area contributed by atoms with Gasteiger partial charge in [-0.15, -0.1) is 0 Å². The third-order valence-electron chi connectivity index (χ3n) is 2.11. The fraction of sp³-hybridized carbons (Fsp3) is 0.357. The summed E-state index contributed by atoms with van der Waals surface area (Å²) in [4.78, 5) is 11.6. The maximum Gasteiger partial charge on any atom is 0.253 e. The fourth-order valence-electron chi connectivity index (χ4n) is 1.31. The Morgan fingerprint density at radius 3 is 2.39 bits per heavy atom. The molecule has 0 saturated heterocycles. The van der Waals surface area contributed by atoms with Gasteiger partial charge in [0.1, 0.15) is 0 Å². The second kappa shape index (κ2) is 6.03. The molecule has 1 aromatic rings. The quantitative estimate of drug-likeness (QED) is 0.885. The van der Waals surface area contributed by atoms with Crippen LogP contribution < -0.4 is 5.32 Å². The van der Waals surface area contributed by atoms with Crippen molar-refractivity contribution in [3.8, 4) is 0 Å². The third kappa shape index (κ3) is 5.34. The minimum Gasteiger partial charge on any atom is -0.379 e. The van der Waals surface area contributed by atoms with E-state index in [-0.39, 0.29) is 5.54 Å². The van der Waals surface area contributed by atoms with Crippen LogP contribution in [0, 0.1) is 0 Å². The van der Waals surface area contributed by atoms with E-state index in [1.807, 2.05) is 32.9 Å². The van der Waals surface area contributed by atoms with E-state index in [2.05, 4.69) is 5.32 Å². The Labute approximate surface area is 112 Å². The zero-order valence-electron chi connectivity index (χ0n) is 10.8. The molecular formula is C14H18ClNO2. The van der Waals surface area contributed by atoms with Crippen LogP contribution in [0.15, 0.2) is 30.3 Å². The summed E-state index contributed by atoms with van der Waals surface area (Å²) in [6.07, 6.45) is 1.98. The predicted octanol–water partition coefficient (Wildman–Crippen LogP) is 2.63. The molecule has 0 aromatic heterocycles. The van der Waals surface area contributed by atoms with Gasteiger partial charge in [-0.1, -0.05) is 29.8 Å². The van der Waals surface area contributed by atoms with Gasteiger partial charge < -0.3 is 10.4 Å². The highest BCUT2D eigenvalue weighted by molar-refractivity contribution is 6.30. The van der Waals surface area contributed by atoms with Gasteiger partial charge in [-0.05, 0) is 44.5 Å². The minimum absolute atomic E-state index is 0.355. The van der Waals surface area contributed by atoms with E-state index < -0.39 is 12.0 Å². The third-order valence-corrected chi connectivity index (χ3v) is 2.36. The highest BCUT2D eigenvalue weighted by Gasteiger charge is 2.18. The second-order valence-corrected chi connectivity index (χ2v) is 5.53. The molecule has 0 spiro atoms. The lowest BCUT2D eigenvalue weighted by Crippen LogP contribution is -2.45. The standard InChI is InChI=1S/C14H18ClNO2/c1-14(2,3)16-13(18)12(17)9-6-10-4-7-11(15)8-5-10/h4-9,12,17H,1-3H3,(H,16,18)/b9-6+/t12-/m0/s1. The molecule has 0 aliphatic heterocycles. The molecule has 1 rings (SSSR count). The SMILES string of the molecule is CC(C)(C)NC(=O)[C@@H](O)/C=C/c1ccc(Cl)cc1. The van der Waals surface area contributed by atoms with Gasteiger partial charge in [-0.25, -0.2) is 0 Å². The Kier molecular flexibility index (Phi) is 4.93. The van der Waals surface area contributed by atoms with Gasteiger partial charge in [-0.2, -0.15) is 0 Å². The number of amides is 1. The molecule has 4 heteroatoms. The van der Waals surface area contributed by atoms with E-state index in [4.69, 9.17) is 11.6 Å². The van der Waals surface area contributed by atoms with Crippen LogP contribution in [0.3, 0.4) is 0 Å². The molecule has 0 bridgehead atoms. The highest BCUT2D eigenvalue weighted by atomic mass is 35.5. The summed E-state index contributed by atoms with van der Waals surface area (Å²) in [6, 6.07) is 7.13. The van der Waals surface area contributed by atoms with E-state index in [1.54, 1.807) is 18.2 Å². The lowest BCUT2D eigenvalue weighted by molar-refractivity contribution is -0.128. The van der Waals surface area contributed by atoms with Gasteiger partial charge in [0.25, 0.3) is 5.91 Å². The van der Waals surface area contributed by atoms with Crippen LogP contribution >= 0.6 is 11.6 Å². The van der Waals surface area contributed by atoms with E-state index in [1.165, 1.54) is 6.08 Å². The van der Waals surface area contributed by atoms with Crippen LogP contribution in [0.1, 0.15) is 26.3 Å². The van der Waals surface area contributed by atoms with Crippen molar-refractivity contribution in [3.05, 3.63) is 40.9 Å². The largest absolute Gasteiger partial charge is 0.379 e. The molecular weight excluding hydrogens is 250 g/mol. The van der Waals surface area contributed by atoms with Crippen molar-refractivity contribution in [2.24, 2.45) is 0 Å². The average molecular weight is 268 g/mol. The monoisotopic (exact) mass is 267 g/mol. The van der Waals surface area contributed by atoms with Crippen molar-refractivity contribution >= 4 is 23.6 Å². The molecule has 0 heterocycles. The van der Waals surface area contributed by atoms with Gasteiger partial charge in [-0.3, -0.25) is 4.79 Å². The van der Waals surface area contributed by atoms with Gasteiger partial charge in [0.15, 0.2) is 6.10 Å². The van der Waals surface area contributed by atoms with Gasteiger partial charge >= 0.3 is 0 Å². The summed E-state index contributed by atoms with van der Waals surface area (Å²) in [5.74, 6) is -0.410. The van der Waals surface area contributed by atoms with Crippen LogP contribution in [-0.4, -0.2) is 22.7 Å². The summed E-state index contributed by atoms with van der Waals surface area (Å²) < 4.78 is 0. The predicted molar refractivity (Wildman–Crippen MR) is 74.4 cm³/mol. The zero-order valence-corrected chi connectivity index (χ0v) is 11.5. The van der Waals surface area contributed by atoms with Crippen molar-refractivity contribution in [2.75, 3.05) is 0 Å². The molecule has 18 heavy (non-hydrogen) atoms. The van der Waals surface area contributed by atoms with Crippen molar-refractivity contribution in [1.29, 1.82) is 0 Å². The molecule has 1 amide bonds. The minimum atomic E-state index is -1.15. The van der Waals surface area contributed by atoms with Crippen LogP contribution in [0.4, 0.5) is 0 Å². The first-order chi connectivity index (χ1) is 8.28. The van der Waals surface area contributed by atoms with E-state index >= 15 is 0 Å². The Hall–Kier alpha value is -1.32. The van der Waals surface area contributed by atoms with E-state index in [0.717, 1.165) is 5.56 Å². The van der Waals surface area contributed by atoms with Gasteiger partial charge in [0, 0.05) is 10.6 Å². The number of halogens is 1. The Bertz CT molecular complexity index is 432. The van der Waals surface area contributed by atoms with Crippen LogP contribution in [0.2, 0.25) is 5.02 Å². The maximum absolute atomic E-state index is 11.6. The summed E-state index contributed by atoms with van der Waals surface area (Å²) in [7, 11) is 0. The van der Waals surface area contributed by atoms with Crippen LogP contribution in [-0.2, 0) is 4.79 Å². The van der Waals surface area contributed by atoms with Crippen molar-refractivity contribution in [3.63, 3.8) is 0 Å². The first-order valence-corrected chi connectivity index (χ1v) is 6.09. The molecule has 2 N–H and O–H groups in total. The number of rotatable bonds is 3. The number of benzene rings is 1. The molecule has 0 unspecified atom stereocenters. The molecule has 0 fully saturated rings. The van der Waals surface area contributed by atoms with Gasteiger partial charge in [0.05, 0.1) is 0 Å². The second-order valence-electron chi connectivity index (χ2n) is 5.09. The van der Waals surface area contributed by atoms with E-state index in [0.29, 0.717) is 5.02 Å². The number of aliphatic hydroxyl groups excluding tert-OH is 1. The normalized spacial score (nSPS) is 13.6. The lowest BCUT2D eigenvalue weighted by Gasteiger charge is -2.21. The first-order valence-electron chi connectivity index (χ1n) is 5.72. The Balaban J connectivity index is 2.61. The van der Waals surface area contributed by atoms with Crippen molar-refractivity contribution in [2.45, 2.75) is 32.4 Å². The van der Waals surface area contributed by atoms with Crippen molar-refractivity contribution in [1.82, 2.24) is 5.32 Å². The Morgan fingerprint density at radius 2 is 1.89 bits per heavy atom. The molecule has 0 aliphatic carbocycles. The Morgan fingerprint density at radius 1 is 1.33 bits per heavy atom. The molecule has 0 saturated carbocycles. The summed E-state index contributed by atoms with van der Waals surface area (Å²) in [6.45, 7) is 5.58. The summed E-state index contributed by atoms with van der Waals surface area (Å²) in [5.41, 5.74) is 0.522. The molecule has 0 radical (unpaired) electrons. The number of carbonyl (C=O) groups excluding carboxylic acids is 1. The zero-order chi connectivity index (χ0) is 13.8. The fourth-order valence-corrected chi connectivity index (χ4v) is 1.43. The van der Waals surface area contributed by atoms with Crippen LogP contribution in [0.25, 0.3) is 6.08 Å². The number of carbonyl (C=O) groups is 1. The van der Waals surface area contributed by atoms with Crippen LogP contribution in [0.5, 0.6) is 0 Å². The van der Waals surface area contributed by atoms with E-state index in [9.17, 15) is 9.90 Å². The molecule has 1 aromatic carbocycles. The number of hydrogen-bond donors (Lipinski definition) is 2. The number of hydrogen-bond acceptors (Lipinski definition) is 2. The molecule has 3 nitrogen and oxygen atoms in total. The average Bonchev–Trinajstić information content (AvgIpc) is 2.25. The number of aliphatic hydroxyl groups is 1. The number of nitrogens with one attached hydrogen (secondary N) is 1.